The largest absolute Gasteiger partial charge is 0.383 e. The molecule has 1 aliphatic heterocycles. The number of anilines is 1. The average Bonchev–Trinajstić information content (AvgIpc) is 2.49. The third kappa shape index (κ3) is 3.24. The Hall–Kier alpha value is -0.990. The molecule has 1 aliphatic rings. The summed E-state index contributed by atoms with van der Waals surface area (Å²) in [5, 5.41) is 4.30. The number of hydrogen-bond donors (Lipinski definition) is 1. The highest BCUT2D eigenvalue weighted by atomic mass is 35.5. The van der Waals surface area contributed by atoms with Crippen molar-refractivity contribution in [3.05, 3.63) is 40.4 Å². The van der Waals surface area contributed by atoms with E-state index in [9.17, 15) is 0 Å². The van der Waals surface area contributed by atoms with Crippen LogP contribution in [0.25, 0.3) is 0 Å². The minimum atomic E-state index is 0.860. The lowest BCUT2D eigenvalue weighted by Gasteiger charge is -2.18. The molecule has 1 heterocycles. The van der Waals surface area contributed by atoms with Gasteiger partial charge in [-0.15, -0.1) is 0 Å². The van der Waals surface area contributed by atoms with E-state index < -0.39 is 0 Å². The molecule has 0 unspecified atom stereocenters. The summed E-state index contributed by atoms with van der Waals surface area (Å²) in [6.07, 6.45) is 2.27. The van der Waals surface area contributed by atoms with Gasteiger partial charge in [-0.05, 0) is 26.0 Å². The standard InChI is InChI=1S/C14H19ClN2/c1-11(2)6-8-17-9-7-16-14-5-3-4-13(15)12(14)10-17/h3-6,16H,7-10H2,1-2H3. The van der Waals surface area contributed by atoms with E-state index in [-0.39, 0.29) is 0 Å². The Morgan fingerprint density at radius 2 is 2.29 bits per heavy atom. The second kappa shape index (κ2) is 5.56. The van der Waals surface area contributed by atoms with Crippen molar-refractivity contribution in [2.45, 2.75) is 20.4 Å². The number of fused-ring (bicyclic) bond motifs is 1. The van der Waals surface area contributed by atoms with Gasteiger partial charge in [0.05, 0.1) is 0 Å². The van der Waals surface area contributed by atoms with E-state index in [1.165, 1.54) is 16.8 Å². The average molecular weight is 251 g/mol. The van der Waals surface area contributed by atoms with E-state index in [2.05, 4.69) is 36.2 Å². The predicted octanol–water partition coefficient (Wildman–Crippen LogP) is 3.53. The van der Waals surface area contributed by atoms with Crippen LogP contribution in [0.3, 0.4) is 0 Å². The summed E-state index contributed by atoms with van der Waals surface area (Å²) in [5.74, 6) is 0. The van der Waals surface area contributed by atoms with Gasteiger partial charge in [0.25, 0.3) is 0 Å². The second-order valence-corrected chi connectivity index (χ2v) is 5.12. The summed E-state index contributed by atoms with van der Waals surface area (Å²) < 4.78 is 0. The number of rotatable bonds is 2. The molecule has 0 fully saturated rings. The summed E-state index contributed by atoms with van der Waals surface area (Å²) >= 11 is 6.26. The zero-order valence-electron chi connectivity index (χ0n) is 10.5. The first-order chi connectivity index (χ1) is 8.16. The molecule has 1 N–H and O–H groups in total. The molecular formula is C14H19ClN2. The minimum absolute atomic E-state index is 0.860. The molecule has 0 saturated heterocycles. The lowest BCUT2D eigenvalue weighted by molar-refractivity contribution is 0.311. The molecule has 0 saturated carbocycles. The topological polar surface area (TPSA) is 15.3 Å². The number of halogens is 1. The van der Waals surface area contributed by atoms with Crippen molar-refractivity contribution >= 4 is 17.3 Å². The number of allylic oxidation sites excluding steroid dienone is 1. The van der Waals surface area contributed by atoms with E-state index in [4.69, 9.17) is 11.6 Å². The van der Waals surface area contributed by atoms with Gasteiger partial charge in [0.2, 0.25) is 0 Å². The normalized spacial score (nSPS) is 15.7. The van der Waals surface area contributed by atoms with Gasteiger partial charge in [0.1, 0.15) is 0 Å². The molecule has 1 aromatic carbocycles. The maximum absolute atomic E-state index is 6.26. The molecule has 92 valence electrons. The van der Waals surface area contributed by atoms with Gasteiger partial charge in [0.15, 0.2) is 0 Å². The molecule has 0 amide bonds. The highest BCUT2D eigenvalue weighted by Gasteiger charge is 2.15. The van der Waals surface area contributed by atoms with Crippen molar-refractivity contribution in [3.63, 3.8) is 0 Å². The summed E-state index contributed by atoms with van der Waals surface area (Å²) in [5.41, 5.74) is 3.76. The summed E-state index contributed by atoms with van der Waals surface area (Å²) in [6, 6.07) is 6.07. The third-order valence-corrected chi connectivity index (χ3v) is 3.36. The maximum atomic E-state index is 6.26. The summed E-state index contributed by atoms with van der Waals surface area (Å²) in [6.45, 7) is 8.22. The van der Waals surface area contributed by atoms with E-state index in [1.54, 1.807) is 0 Å². The highest BCUT2D eigenvalue weighted by Crippen LogP contribution is 2.27. The molecule has 1 aromatic rings. The molecule has 17 heavy (non-hydrogen) atoms. The van der Waals surface area contributed by atoms with Crippen LogP contribution in [0.1, 0.15) is 19.4 Å². The van der Waals surface area contributed by atoms with Crippen LogP contribution in [0.15, 0.2) is 29.8 Å². The maximum Gasteiger partial charge on any atom is 0.0471 e. The Bertz CT molecular complexity index is 422. The van der Waals surface area contributed by atoms with E-state index >= 15 is 0 Å². The lowest BCUT2D eigenvalue weighted by Crippen LogP contribution is -2.26. The third-order valence-electron chi connectivity index (χ3n) is 3.00. The Balaban J connectivity index is 2.16. The van der Waals surface area contributed by atoms with Gasteiger partial charge in [-0.2, -0.15) is 0 Å². The van der Waals surface area contributed by atoms with Gasteiger partial charge in [-0.25, -0.2) is 0 Å². The van der Waals surface area contributed by atoms with Gasteiger partial charge in [0, 0.05) is 42.5 Å². The number of nitrogens with zero attached hydrogens (tertiary/aromatic N) is 1. The fourth-order valence-corrected chi connectivity index (χ4v) is 2.24. The van der Waals surface area contributed by atoms with Gasteiger partial charge < -0.3 is 5.32 Å². The smallest absolute Gasteiger partial charge is 0.0471 e. The molecule has 0 atom stereocenters. The fourth-order valence-electron chi connectivity index (χ4n) is 2.00. The van der Waals surface area contributed by atoms with Crippen LogP contribution in [-0.4, -0.2) is 24.5 Å². The van der Waals surface area contributed by atoms with Crippen LogP contribution in [0.5, 0.6) is 0 Å². The van der Waals surface area contributed by atoms with E-state index in [0.29, 0.717) is 0 Å². The number of benzene rings is 1. The Morgan fingerprint density at radius 3 is 3.06 bits per heavy atom. The van der Waals surface area contributed by atoms with Gasteiger partial charge >= 0.3 is 0 Å². The van der Waals surface area contributed by atoms with Crippen LogP contribution < -0.4 is 5.32 Å². The quantitative estimate of drug-likeness (QED) is 0.808. The SMILES string of the molecule is CC(C)=CCN1CCNc2cccc(Cl)c2C1. The zero-order chi connectivity index (χ0) is 12.3. The van der Waals surface area contributed by atoms with Crippen molar-refractivity contribution in [3.8, 4) is 0 Å². The molecule has 0 aliphatic carbocycles. The highest BCUT2D eigenvalue weighted by molar-refractivity contribution is 6.31. The molecule has 2 nitrogen and oxygen atoms in total. The van der Waals surface area contributed by atoms with Crippen LogP contribution in [0.4, 0.5) is 5.69 Å². The molecule has 2 rings (SSSR count). The first-order valence-corrected chi connectivity index (χ1v) is 6.41. The zero-order valence-corrected chi connectivity index (χ0v) is 11.2. The van der Waals surface area contributed by atoms with Crippen molar-refractivity contribution in [2.24, 2.45) is 0 Å². The lowest BCUT2D eigenvalue weighted by atomic mass is 10.1. The van der Waals surface area contributed by atoms with Crippen LogP contribution in [0, 0.1) is 0 Å². The number of nitrogens with one attached hydrogen (secondary N) is 1. The minimum Gasteiger partial charge on any atom is -0.383 e. The van der Waals surface area contributed by atoms with Gasteiger partial charge in [-0.1, -0.05) is 29.3 Å². The van der Waals surface area contributed by atoms with Gasteiger partial charge in [-0.3, -0.25) is 4.90 Å². The van der Waals surface area contributed by atoms with Crippen LogP contribution in [0.2, 0.25) is 5.02 Å². The first kappa shape index (κ1) is 12.5. The monoisotopic (exact) mass is 250 g/mol. The number of hydrogen-bond acceptors (Lipinski definition) is 2. The Morgan fingerprint density at radius 1 is 1.47 bits per heavy atom. The van der Waals surface area contributed by atoms with Crippen LogP contribution >= 0.6 is 11.6 Å². The van der Waals surface area contributed by atoms with Crippen molar-refractivity contribution < 1.29 is 0 Å². The fraction of sp³-hybridized carbons (Fsp3) is 0.429. The predicted molar refractivity (Wildman–Crippen MR) is 74.6 cm³/mol. The van der Waals surface area contributed by atoms with Crippen molar-refractivity contribution in [1.82, 2.24) is 4.90 Å². The van der Waals surface area contributed by atoms with Crippen molar-refractivity contribution in [1.29, 1.82) is 0 Å². The second-order valence-electron chi connectivity index (χ2n) is 4.71. The molecule has 0 spiro atoms. The van der Waals surface area contributed by atoms with Crippen LogP contribution in [-0.2, 0) is 6.54 Å². The Kier molecular flexibility index (Phi) is 4.08. The summed E-state index contributed by atoms with van der Waals surface area (Å²) in [4.78, 5) is 2.41. The molecule has 0 bridgehead atoms. The van der Waals surface area contributed by atoms with E-state index in [1.807, 2.05) is 12.1 Å². The van der Waals surface area contributed by atoms with Crippen molar-refractivity contribution in [2.75, 3.05) is 25.0 Å². The molecule has 3 heteroatoms. The Labute approximate surface area is 108 Å². The first-order valence-electron chi connectivity index (χ1n) is 6.04. The molecule has 0 radical (unpaired) electrons. The molecular weight excluding hydrogens is 232 g/mol. The molecule has 0 aromatic heterocycles. The summed E-state index contributed by atoms with van der Waals surface area (Å²) in [7, 11) is 0. The van der Waals surface area contributed by atoms with E-state index in [0.717, 1.165) is 31.2 Å².